The van der Waals surface area contributed by atoms with Crippen molar-refractivity contribution in [3.05, 3.63) is 0 Å². The molecule has 1 aliphatic heterocycles. The Kier molecular flexibility index (Phi) is 2.85. The minimum atomic E-state index is -0.142. The molecule has 0 saturated carbocycles. The molecule has 0 aliphatic carbocycles. The first-order valence-corrected chi connectivity index (χ1v) is 6.28. The summed E-state index contributed by atoms with van der Waals surface area (Å²) in [6.45, 7) is 11.4. The normalized spacial score (nSPS) is 35.2. The van der Waals surface area contributed by atoms with Gasteiger partial charge in [0, 0.05) is 5.16 Å². The smallest absolute Gasteiger partial charge is 0.114 e. The van der Waals surface area contributed by atoms with Crippen LogP contribution in [0.2, 0.25) is 0 Å². The lowest BCUT2D eigenvalue weighted by Crippen LogP contribution is -2.18. The molecule has 0 amide bonds. The van der Waals surface area contributed by atoms with Gasteiger partial charge in [-0.3, -0.25) is 0 Å². The molecule has 1 saturated heterocycles. The summed E-state index contributed by atoms with van der Waals surface area (Å²) in [5.41, 5.74) is 0. The third kappa shape index (κ3) is 1.54. The highest BCUT2D eigenvalue weighted by molar-refractivity contribution is 7.61. The van der Waals surface area contributed by atoms with E-state index in [4.69, 9.17) is 4.52 Å². The van der Waals surface area contributed by atoms with Crippen LogP contribution < -0.4 is 0 Å². The lowest BCUT2D eigenvalue weighted by atomic mass is 10.1. The van der Waals surface area contributed by atoms with E-state index in [1.54, 1.807) is 0 Å². The van der Waals surface area contributed by atoms with Gasteiger partial charge in [0.15, 0.2) is 0 Å². The molecule has 0 aromatic heterocycles. The van der Waals surface area contributed by atoms with Crippen LogP contribution >= 0.6 is 8.15 Å². The maximum Gasteiger partial charge on any atom is 0.114 e. The van der Waals surface area contributed by atoms with Gasteiger partial charge in [0.25, 0.3) is 0 Å². The van der Waals surface area contributed by atoms with Crippen molar-refractivity contribution in [1.29, 1.82) is 0 Å². The van der Waals surface area contributed by atoms with Crippen LogP contribution in [0.3, 0.4) is 0 Å². The Bertz CT molecular complexity index is 165. The lowest BCUT2D eigenvalue weighted by molar-refractivity contribution is 0.332. The van der Waals surface area contributed by atoms with Gasteiger partial charge >= 0.3 is 0 Å². The quantitative estimate of drug-likeness (QED) is 0.477. The van der Waals surface area contributed by atoms with E-state index in [0.717, 1.165) is 0 Å². The molecule has 1 nitrogen and oxygen atoms in total. The average molecular weight is 188 g/mol. The summed E-state index contributed by atoms with van der Waals surface area (Å²) in [6.07, 6.45) is 3.68. The van der Waals surface area contributed by atoms with Crippen LogP contribution in [-0.2, 0) is 4.52 Å². The third-order valence-corrected chi connectivity index (χ3v) is 6.65. The average Bonchev–Trinajstić information content (AvgIpc) is 2.78. The second-order valence-corrected chi connectivity index (χ2v) is 6.92. The molecule has 1 fully saturated rings. The summed E-state index contributed by atoms with van der Waals surface area (Å²) in [5.74, 6) is 0. The van der Waals surface area contributed by atoms with Crippen LogP contribution in [0.15, 0.2) is 0 Å². The van der Waals surface area contributed by atoms with Crippen molar-refractivity contribution in [3.8, 4) is 0 Å². The highest BCUT2D eigenvalue weighted by Crippen LogP contribution is 2.79. The topological polar surface area (TPSA) is 12.5 Å². The summed E-state index contributed by atoms with van der Waals surface area (Å²) < 4.78 is 5.87. The van der Waals surface area contributed by atoms with E-state index in [2.05, 4.69) is 34.6 Å². The van der Waals surface area contributed by atoms with Crippen molar-refractivity contribution in [2.75, 3.05) is 0 Å². The molecule has 2 atom stereocenters. The van der Waals surface area contributed by atoms with Gasteiger partial charge in [-0.2, -0.15) is 0 Å². The number of rotatable bonds is 4. The van der Waals surface area contributed by atoms with Crippen LogP contribution in [0, 0.1) is 0 Å². The maximum atomic E-state index is 5.87. The first-order valence-electron chi connectivity index (χ1n) is 5.02. The molecule has 0 aromatic rings. The predicted molar refractivity (Wildman–Crippen MR) is 55.7 cm³/mol. The molecule has 0 aromatic carbocycles. The molecule has 2 heteroatoms. The van der Waals surface area contributed by atoms with Crippen molar-refractivity contribution in [1.82, 2.24) is 0 Å². The Hall–Kier alpha value is 0.390. The van der Waals surface area contributed by atoms with Gasteiger partial charge in [-0.25, -0.2) is 0 Å². The first-order chi connectivity index (χ1) is 5.52. The van der Waals surface area contributed by atoms with Crippen molar-refractivity contribution >= 4 is 8.15 Å². The van der Waals surface area contributed by atoms with E-state index in [1.807, 2.05) is 0 Å². The van der Waals surface area contributed by atoms with Gasteiger partial charge < -0.3 is 4.52 Å². The number of hydrogen-bond donors (Lipinski definition) is 0. The zero-order valence-electron chi connectivity index (χ0n) is 8.98. The predicted octanol–water partition coefficient (Wildman–Crippen LogP) is 4.12. The highest BCUT2D eigenvalue weighted by atomic mass is 31.2. The lowest BCUT2D eigenvalue weighted by Gasteiger charge is -2.25. The molecule has 0 N–H and O–H groups in total. The van der Waals surface area contributed by atoms with E-state index in [0.29, 0.717) is 5.16 Å². The molecule has 0 bridgehead atoms. The minimum Gasteiger partial charge on any atom is -0.343 e. The fourth-order valence-corrected chi connectivity index (χ4v) is 4.43. The van der Waals surface area contributed by atoms with Crippen LogP contribution in [0.1, 0.15) is 53.9 Å². The molecule has 0 radical (unpaired) electrons. The monoisotopic (exact) mass is 188 g/mol. The Morgan fingerprint density at radius 3 is 2.00 bits per heavy atom. The molecular formula is C10H21OP. The van der Waals surface area contributed by atoms with Crippen molar-refractivity contribution in [3.63, 3.8) is 0 Å². The Morgan fingerprint density at radius 2 is 1.75 bits per heavy atom. The summed E-state index contributed by atoms with van der Waals surface area (Å²) in [5, 5.41) is 0.732. The first kappa shape index (κ1) is 10.5. The largest absolute Gasteiger partial charge is 0.343 e. The minimum absolute atomic E-state index is 0.142. The van der Waals surface area contributed by atoms with Crippen LogP contribution in [-0.4, -0.2) is 10.5 Å². The number of hydrogen-bond acceptors (Lipinski definition) is 1. The van der Waals surface area contributed by atoms with Crippen molar-refractivity contribution in [2.45, 2.75) is 64.4 Å². The SMILES string of the molecule is CCC(C)(CC)P1OC1(C)CC. The van der Waals surface area contributed by atoms with Gasteiger partial charge in [0.05, 0.1) is 8.15 Å². The van der Waals surface area contributed by atoms with Crippen LogP contribution in [0.25, 0.3) is 0 Å². The van der Waals surface area contributed by atoms with E-state index in [1.165, 1.54) is 19.3 Å². The highest BCUT2D eigenvalue weighted by Gasteiger charge is 2.58. The zero-order chi connectivity index (χ0) is 9.41. The van der Waals surface area contributed by atoms with E-state index in [-0.39, 0.29) is 13.5 Å². The molecular weight excluding hydrogens is 167 g/mol. The Balaban J connectivity index is 2.61. The summed E-state index contributed by atoms with van der Waals surface area (Å²) in [6, 6.07) is 0. The fraction of sp³-hybridized carbons (Fsp3) is 1.00. The van der Waals surface area contributed by atoms with E-state index < -0.39 is 0 Å². The molecule has 1 heterocycles. The molecule has 1 aliphatic rings. The van der Waals surface area contributed by atoms with Gasteiger partial charge in [-0.1, -0.05) is 27.7 Å². The molecule has 72 valence electrons. The van der Waals surface area contributed by atoms with E-state index >= 15 is 0 Å². The van der Waals surface area contributed by atoms with Gasteiger partial charge in [0.1, 0.15) is 5.34 Å². The van der Waals surface area contributed by atoms with Crippen molar-refractivity contribution < 1.29 is 4.52 Å². The van der Waals surface area contributed by atoms with E-state index in [9.17, 15) is 0 Å². The summed E-state index contributed by atoms with van der Waals surface area (Å²) in [7, 11) is -0.142. The fourth-order valence-electron chi connectivity index (χ4n) is 1.60. The molecule has 12 heavy (non-hydrogen) atoms. The molecule has 0 spiro atoms. The Labute approximate surface area is 77.7 Å². The van der Waals surface area contributed by atoms with Crippen LogP contribution in [0.5, 0.6) is 0 Å². The van der Waals surface area contributed by atoms with Crippen LogP contribution in [0.4, 0.5) is 0 Å². The zero-order valence-corrected chi connectivity index (χ0v) is 9.87. The second-order valence-electron chi connectivity index (χ2n) is 4.12. The third-order valence-electron chi connectivity index (χ3n) is 3.35. The molecule has 1 rings (SSSR count). The summed E-state index contributed by atoms with van der Waals surface area (Å²) in [4.78, 5) is 0. The summed E-state index contributed by atoms with van der Waals surface area (Å²) >= 11 is 0. The van der Waals surface area contributed by atoms with Gasteiger partial charge in [-0.15, -0.1) is 0 Å². The second kappa shape index (κ2) is 3.27. The van der Waals surface area contributed by atoms with Gasteiger partial charge in [0.2, 0.25) is 0 Å². The molecule has 2 unspecified atom stereocenters. The maximum absolute atomic E-state index is 5.87. The van der Waals surface area contributed by atoms with Crippen molar-refractivity contribution in [2.24, 2.45) is 0 Å². The Morgan fingerprint density at radius 1 is 1.25 bits per heavy atom. The van der Waals surface area contributed by atoms with Gasteiger partial charge in [-0.05, 0) is 26.2 Å². The standard InChI is InChI=1S/C10H21OP/c1-6-9(4,7-2)12-10(5,8-3)11-12/h6-8H2,1-5H3.